The number of fused-ring (bicyclic) bond motifs is 1. The molecule has 0 aromatic carbocycles. The first kappa shape index (κ1) is 18.3. The molecule has 1 saturated heterocycles. The number of rotatable bonds is 8. The van der Waals surface area contributed by atoms with Crippen molar-refractivity contribution in [2.75, 3.05) is 5.75 Å². The lowest BCUT2D eigenvalue weighted by Gasteiger charge is -2.45. The molecule has 1 aliphatic carbocycles. The lowest BCUT2D eigenvalue weighted by Crippen LogP contribution is -2.50. The van der Waals surface area contributed by atoms with E-state index in [2.05, 4.69) is 26.1 Å². The SMILES string of the molecule is C.CCCCCCS[C@]12C(=O)NC(=O)[C@H]1C(CC)=C2CC. The van der Waals surface area contributed by atoms with E-state index in [4.69, 9.17) is 0 Å². The van der Waals surface area contributed by atoms with E-state index >= 15 is 0 Å². The summed E-state index contributed by atoms with van der Waals surface area (Å²) in [5.74, 6) is 0.635. The zero-order valence-corrected chi connectivity index (χ0v) is 13.6. The van der Waals surface area contributed by atoms with Gasteiger partial charge in [0.25, 0.3) is 0 Å². The van der Waals surface area contributed by atoms with Gasteiger partial charge in [0.2, 0.25) is 11.8 Å². The van der Waals surface area contributed by atoms with Crippen molar-refractivity contribution in [1.29, 1.82) is 0 Å². The summed E-state index contributed by atoms with van der Waals surface area (Å²) in [6.07, 6.45) is 6.57. The van der Waals surface area contributed by atoms with Crippen LogP contribution in [0, 0.1) is 5.92 Å². The number of hydrogen-bond acceptors (Lipinski definition) is 3. The van der Waals surface area contributed by atoms with Gasteiger partial charge in [0, 0.05) is 0 Å². The van der Waals surface area contributed by atoms with Gasteiger partial charge < -0.3 is 0 Å². The Morgan fingerprint density at radius 2 is 1.81 bits per heavy atom. The third kappa shape index (κ3) is 2.79. The predicted octanol–water partition coefficient (Wildman–Crippen LogP) is 4.08. The van der Waals surface area contributed by atoms with E-state index in [0.29, 0.717) is 0 Å². The molecule has 1 fully saturated rings. The van der Waals surface area contributed by atoms with E-state index in [0.717, 1.165) is 25.0 Å². The van der Waals surface area contributed by atoms with Crippen molar-refractivity contribution in [2.24, 2.45) is 5.92 Å². The number of amides is 2. The van der Waals surface area contributed by atoms with E-state index in [9.17, 15) is 9.59 Å². The zero-order chi connectivity index (χ0) is 14.8. The zero-order valence-electron chi connectivity index (χ0n) is 12.8. The summed E-state index contributed by atoms with van der Waals surface area (Å²) in [6.45, 7) is 6.37. The molecule has 4 heteroatoms. The number of imide groups is 1. The largest absolute Gasteiger partial charge is 0.294 e. The summed E-state index contributed by atoms with van der Waals surface area (Å²) < 4.78 is -0.552. The highest BCUT2D eigenvalue weighted by molar-refractivity contribution is 8.01. The van der Waals surface area contributed by atoms with Gasteiger partial charge in [0.1, 0.15) is 4.75 Å². The van der Waals surface area contributed by atoms with Gasteiger partial charge in [-0.15, -0.1) is 11.8 Å². The summed E-state index contributed by atoms with van der Waals surface area (Å²) >= 11 is 1.70. The Kier molecular flexibility index (Phi) is 6.51. The third-order valence-electron chi connectivity index (χ3n) is 4.49. The average Bonchev–Trinajstić information content (AvgIpc) is 2.60. The maximum atomic E-state index is 12.3. The van der Waals surface area contributed by atoms with Crippen LogP contribution < -0.4 is 5.32 Å². The summed E-state index contributed by atoms with van der Waals surface area (Å²) in [5, 5.41) is 2.56. The molecule has 0 spiro atoms. The molecule has 2 aliphatic rings. The van der Waals surface area contributed by atoms with Crippen LogP contribution in [0.15, 0.2) is 11.1 Å². The molecule has 21 heavy (non-hydrogen) atoms. The van der Waals surface area contributed by atoms with Crippen LogP contribution in [0.3, 0.4) is 0 Å². The van der Waals surface area contributed by atoms with Gasteiger partial charge in [-0.3, -0.25) is 14.9 Å². The Morgan fingerprint density at radius 3 is 2.38 bits per heavy atom. The van der Waals surface area contributed by atoms with Crippen LogP contribution >= 0.6 is 11.8 Å². The van der Waals surface area contributed by atoms with Crippen molar-refractivity contribution < 1.29 is 9.59 Å². The Hall–Kier alpha value is -0.770. The Bertz CT molecular complexity index is 444. The molecule has 2 rings (SSSR count). The molecule has 0 saturated carbocycles. The molecule has 3 nitrogen and oxygen atoms in total. The fourth-order valence-corrected chi connectivity index (χ4v) is 5.27. The van der Waals surface area contributed by atoms with Crippen molar-refractivity contribution >= 4 is 23.6 Å². The number of carbonyl (C=O) groups is 2. The average molecular weight is 311 g/mol. The van der Waals surface area contributed by atoms with E-state index in [1.165, 1.54) is 30.4 Å². The van der Waals surface area contributed by atoms with Crippen molar-refractivity contribution in [1.82, 2.24) is 5.32 Å². The van der Waals surface area contributed by atoms with Crippen molar-refractivity contribution in [3.05, 3.63) is 11.1 Å². The number of thioether (sulfide) groups is 1. The second-order valence-corrected chi connectivity index (χ2v) is 6.95. The maximum Gasteiger partial charge on any atom is 0.248 e. The molecule has 120 valence electrons. The van der Waals surface area contributed by atoms with Gasteiger partial charge in [0.15, 0.2) is 0 Å². The smallest absolute Gasteiger partial charge is 0.248 e. The highest BCUT2D eigenvalue weighted by Crippen LogP contribution is 2.58. The molecule has 0 unspecified atom stereocenters. The first-order chi connectivity index (χ1) is 9.63. The molecule has 1 aliphatic heterocycles. The molecule has 0 aromatic heterocycles. The van der Waals surface area contributed by atoms with Gasteiger partial charge in [0.05, 0.1) is 5.92 Å². The first-order valence-corrected chi connectivity index (χ1v) is 8.83. The van der Waals surface area contributed by atoms with Gasteiger partial charge >= 0.3 is 0 Å². The number of hydrogen-bond donors (Lipinski definition) is 1. The molecular weight excluding hydrogens is 282 g/mol. The molecular formula is C17H29NO2S. The predicted molar refractivity (Wildman–Crippen MR) is 90.3 cm³/mol. The summed E-state index contributed by atoms with van der Waals surface area (Å²) in [7, 11) is 0. The van der Waals surface area contributed by atoms with Gasteiger partial charge in [-0.25, -0.2) is 0 Å². The Balaban J connectivity index is 0.00000220. The highest BCUT2D eigenvalue weighted by atomic mass is 32.2. The first-order valence-electron chi connectivity index (χ1n) is 7.85. The molecule has 1 N–H and O–H groups in total. The summed E-state index contributed by atoms with van der Waals surface area (Å²) in [4.78, 5) is 24.4. The van der Waals surface area contributed by atoms with Crippen LogP contribution in [0.5, 0.6) is 0 Å². The van der Waals surface area contributed by atoms with Crippen LogP contribution in [0.2, 0.25) is 0 Å². The Labute approximate surface area is 133 Å². The van der Waals surface area contributed by atoms with E-state index < -0.39 is 4.75 Å². The molecule has 0 aromatic rings. The molecule has 2 atom stereocenters. The normalized spacial score (nSPS) is 27.1. The van der Waals surface area contributed by atoms with E-state index in [1.54, 1.807) is 11.8 Å². The van der Waals surface area contributed by atoms with E-state index in [-0.39, 0.29) is 25.2 Å². The second-order valence-electron chi connectivity index (χ2n) is 5.61. The van der Waals surface area contributed by atoms with Crippen LogP contribution in [0.1, 0.15) is 66.7 Å². The summed E-state index contributed by atoms with van der Waals surface area (Å²) in [6, 6.07) is 0. The number of nitrogens with one attached hydrogen (secondary N) is 1. The van der Waals surface area contributed by atoms with Gasteiger partial charge in [-0.1, -0.05) is 53.0 Å². The summed E-state index contributed by atoms with van der Waals surface area (Å²) in [5.41, 5.74) is 2.42. The fraction of sp³-hybridized carbons (Fsp3) is 0.765. The lowest BCUT2D eigenvalue weighted by atomic mass is 9.66. The topological polar surface area (TPSA) is 46.2 Å². The van der Waals surface area contributed by atoms with Crippen molar-refractivity contribution in [3.8, 4) is 0 Å². The third-order valence-corrected chi connectivity index (χ3v) is 6.10. The number of unbranched alkanes of at least 4 members (excludes halogenated alkanes) is 3. The minimum atomic E-state index is -0.552. The standard InChI is InChI=1S/C16H25NO2S.CH4/c1-4-7-8-9-10-20-16-12(6-3)11(5-2)13(16)14(18)17-15(16)19;/h13H,4-10H2,1-3H3,(H,17,18,19);1H4/t13-,16+;/m1./s1. The van der Waals surface area contributed by atoms with Crippen LogP contribution in [-0.2, 0) is 9.59 Å². The van der Waals surface area contributed by atoms with Crippen LogP contribution in [0.25, 0.3) is 0 Å². The second kappa shape index (κ2) is 7.48. The minimum absolute atomic E-state index is 0. The van der Waals surface area contributed by atoms with Crippen molar-refractivity contribution in [3.63, 3.8) is 0 Å². The Morgan fingerprint density at radius 1 is 1.10 bits per heavy atom. The monoisotopic (exact) mass is 311 g/mol. The van der Waals surface area contributed by atoms with Crippen molar-refractivity contribution in [2.45, 2.75) is 71.5 Å². The lowest BCUT2D eigenvalue weighted by molar-refractivity contribution is -0.125. The minimum Gasteiger partial charge on any atom is -0.294 e. The van der Waals surface area contributed by atoms with E-state index in [1.807, 2.05) is 0 Å². The molecule has 0 radical (unpaired) electrons. The molecule has 1 heterocycles. The number of carbonyl (C=O) groups excluding carboxylic acids is 2. The van der Waals surface area contributed by atoms with Gasteiger partial charge in [-0.05, 0) is 30.6 Å². The fourth-order valence-electron chi connectivity index (χ4n) is 3.55. The van der Waals surface area contributed by atoms with Crippen LogP contribution in [0.4, 0.5) is 0 Å². The maximum absolute atomic E-state index is 12.3. The highest BCUT2D eigenvalue weighted by Gasteiger charge is 2.65. The quantitative estimate of drug-likeness (QED) is 0.417. The molecule has 0 bridgehead atoms. The molecule has 2 amide bonds. The van der Waals surface area contributed by atoms with Gasteiger partial charge in [-0.2, -0.15) is 0 Å². The van der Waals surface area contributed by atoms with Crippen LogP contribution in [-0.4, -0.2) is 22.3 Å².